The largest absolute Gasteiger partial charge is 0.304 e. The van der Waals surface area contributed by atoms with Crippen LogP contribution in [-0.2, 0) is 0 Å². The Morgan fingerprint density at radius 2 is 1.67 bits per heavy atom. The number of pyridine rings is 1. The highest BCUT2D eigenvalue weighted by atomic mass is 127. The quantitative estimate of drug-likeness (QED) is 0.839. The number of benzene rings is 1. The van der Waals surface area contributed by atoms with Crippen LogP contribution in [0.4, 0.5) is 0 Å². The number of nitrogens with zero attached hydrogens (tertiary/aromatic N) is 1. The molecule has 94 valence electrons. The summed E-state index contributed by atoms with van der Waals surface area (Å²) < 4.78 is 1.27. The molecule has 0 saturated heterocycles. The fourth-order valence-corrected chi connectivity index (χ4v) is 2.31. The van der Waals surface area contributed by atoms with Gasteiger partial charge in [0.2, 0.25) is 0 Å². The molecule has 0 aliphatic carbocycles. The fraction of sp³-hybridized carbons (Fsp3) is 0.267. The van der Waals surface area contributed by atoms with Crippen molar-refractivity contribution >= 4 is 22.6 Å². The second kappa shape index (κ2) is 6.29. The molecule has 0 saturated carbocycles. The standard InChI is InChI=1S/C15H17IN2/c1-11(13-5-7-15(16)8-6-13)18-12(2)14-4-3-9-17-10-14/h3-12,18H,1-2H3. The molecular formula is C15H17IN2. The Labute approximate surface area is 122 Å². The van der Waals surface area contributed by atoms with Crippen LogP contribution in [-0.4, -0.2) is 4.98 Å². The summed E-state index contributed by atoms with van der Waals surface area (Å²) in [6.07, 6.45) is 3.72. The van der Waals surface area contributed by atoms with Gasteiger partial charge in [0, 0.05) is 28.0 Å². The molecule has 1 aromatic heterocycles. The summed E-state index contributed by atoms with van der Waals surface area (Å²) in [4.78, 5) is 4.16. The van der Waals surface area contributed by atoms with Crippen molar-refractivity contribution in [3.8, 4) is 0 Å². The first-order chi connectivity index (χ1) is 8.66. The van der Waals surface area contributed by atoms with Gasteiger partial charge in [0.1, 0.15) is 0 Å². The first-order valence-electron chi connectivity index (χ1n) is 6.08. The average molecular weight is 352 g/mol. The van der Waals surface area contributed by atoms with Crippen LogP contribution in [0.5, 0.6) is 0 Å². The van der Waals surface area contributed by atoms with Gasteiger partial charge in [-0.25, -0.2) is 0 Å². The van der Waals surface area contributed by atoms with Gasteiger partial charge in [0.15, 0.2) is 0 Å². The zero-order valence-electron chi connectivity index (χ0n) is 10.6. The summed E-state index contributed by atoms with van der Waals surface area (Å²) in [6, 6.07) is 13.3. The molecule has 1 heterocycles. The number of halogens is 1. The van der Waals surface area contributed by atoms with Crippen LogP contribution in [0.3, 0.4) is 0 Å². The molecule has 0 bridgehead atoms. The van der Waals surface area contributed by atoms with E-state index < -0.39 is 0 Å². The second-order valence-corrected chi connectivity index (χ2v) is 5.69. The maximum atomic E-state index is 4.16. The van der Waals surface area contributed by atoms with E-state index in [2.05, 4.69) is 77.1 Å². The summed E-state index contributed by atoms with van der Waals surface area (Å²) >= 11 is 2.33. The van der Waals surface area contributed by atoms with Crippen LogP contribution in [0.25, 0.3) is 0 Å². The molecular weight excluding hydrogens is 335 g/mol. The molecule has 3 heteroatoms. The number of hydrogen-bond acceptors (Lipinski definition) is 2. The maximum absolute atomic E-state index is 4.16. The molecule has 0 spiro atoms. The monoisotopic (exact) mass is 352 g/mol. The zero-order valence-corrected chi connectivity index (χ0v) is 12.8. The first kappa shape index (κ1) is 13.5. The van der Waals surface area contributed by atoms with Crippen LogP contribution in [0.2, 0.25) is 0 Å². The van der Waals surface area contributed by atoms with E-state index in [1.807, 2.05) is 12.3 Å². The minimum absolute atomic E-state index is 0.299. The van der Waals surface area contributed by atoms with Gasteiger partial charge in [0.25, 0.3) is 0 Å². The van der Waals surface area contributed by atoms with Gasteiger partial charge in [0.05, 0.1) is 0 Å². The topological polar surface area (TPSA) is 24.9 Å². The maximum Gasteiger partial charge on any atom is 0.0315 e. The highest BCUT2D eigenvalue weighted by Crippen LogP contribution is 2.19. The van der Waals surface area contributed by atoms with Crippen LogP contribution >= 0.6 is 22.6 Å². The van der Waals surface area contributed by atoms with Crippen LogP contribution < -0.4 is 5.32 Å². The Kier molecular flexibility index (Phi) is 4.72. The SMILES string of the molecule is CC(NC(C)c1cccnc1)c1ccc(I)cc1. The van der Waals surface area contributed by atoms with Crippen molar-refractivity contribution in [3.05, 3.63) is 63.5 Å². The number of rotatable bonds is 4. The van der Waals surface area contributed by atoms with Crippen LogP contribution in [0, 0.1) is 3.57 Å². The number of hydrogen-bond donors (Lipinski definition) is 1. The summed E-state index contributed by atoms with van der Waals surface area (Å²) in [5.74, 6) is 0. The molecule has 0 fully saturated rings. The molecule has 0 radical (unpaired) electrons. The van der Waals surface area contributed by atoms with E-state index in [1.165, 1.54) is 14.7 Å². The molecule has 2 rings (SSSR count). The smallest absolute Gasteiger partial charge is 0.0315 e. The molecule has 0 amide bonds. The number of nitrogens with one attached hydrogen (secondary N) is 1. The number of aromatic nitrogens is 1. The van der Waals surface area contributed by atoms with Gasteiger partial charge >= 0.3 is 0 Å². The summed E-state index contributed by atoms with van der Waals surface area (Å²) in [6.45, 7) is 4.36. The highest BCUT2D eigenvalue weighted by Gasteiger charge is 2.10. The molecule has 18 heavy (non-hydrogen) atoms. The minimum atomic E-state index is 0.299. The highest BCUT2D eigenvalue weighted by molar-refractivity contribution is 14.1. The summed E-state index contributed by atoms with van der Waals surface area (Å²) in [7, 11) is 0. The molecule has 2 aromatic rings. The van der Waals surface area contributed by atoms with Gasteiger partial charge in [-0.05, 0) is 65.8 Å². The first-order valence-corrected chi connectivity index (χ1v) is 7.16. The molecule has 1 aromatic carbocycles. The Bertz CT molecular complexity index is 482. The van der Waals surface area contributed by atoms with Gasteiger partial charge in [-0.3, -0.25) is 4.98 Å². The van der Waals surface area contributed by atoms with Gasteiger partial charge in [-0.15, -0.1) is 0 Å². The van der Waals surface area contributed by atoms with Crippen LogP contribution in [0.1, 0.15) is 37.1 Å². The van der Waals surface area contributed by atoms with E-state index in [1.54, 1.807) is 6.20 Å². The second-order valence-electron chi connectivity index (χ2n) is 4.45. The fourth-order valence-electron chi connectivity index (χ4n) is 1.95. The molecule has 2 atom stereocenters. The molecule has 0 aliphatic heterocycles. The molecule has 0 aliphatic rings. The van der Waals surface area contributed by atoms with E-state index in [9.17, 15) is 0 Å². The third-order valence-corrected chi connectivity index (χ3v) is 3.77. The third kappa shape index (κ3) is 3.53. The lowest BCUT2D eigenvalue weighted by molar-refractivity contribution is 0.493. The van der Waals surface area contributed by atoms with E-state index in [4.69, 9.17) is 0 Å². The minimum Gasteiger partial charge on any atom is -0.304 e. The van der Waals surface area contributed by atoms with Crippen molar-refractivity contribution in [2.24, 2.45) is 0 Å². The summed E-state index contributed by atoms with van der Waals surface area (Å²) in [5, 5.41) is 3.59. The molecule has 1 N–H and O–H groups in total. The van der Waals surface area contributed by atoms with Crippen molar-refractivity contribution in [2.45, 2.75) is 25.9 Å². The Morgan fingerprint density at radius 3 is 2.28 bits per heavy atom. The van der Waals surface area contributed by atoms with Crippen molar-refractivity contribution in [1.29, 1.82) is 0 Å². The average Bonchev–Trinajstić information content (AvgIpc) is 2.40. The van der Waals surface area contributed by atoms with Crippen molar-refractivity contribution < 1.29 is 0 Å². The third-order valence-electron chi connectivity index (χ3n) is 3.05. The Balaban J connectivity index is 2.03. The van der Waals surface area contributed by atoms with E-state index in [0.717, 1.165) is 0 Å². The van der Waals surface area contributed by atoms with Gasteiger partial charge in [-0.1, -0.05) is 18.2 Å². The van der Waals surface area contributed by atoms with E-state index in [0.29, 0.717) is 12.1 Å². The van der Waals surface area contributed by atoms with Crippen molar-refractivity contribution in [2.75, 3.05) is 0 Å². The summed E-state index contributed by atoms with van der Waals surface area (Å²) in [5.41, 5.74) is 2.53. The predicted molar refractivity (Wildman–Crippen MR) is 83.4 cm³/mol. The Morgan fingerprint density at radius 1 is 1.00 bits per heavy atom. The molecule has 2 unspecified atom stereocenters. The lowest BCUT2D eigenvalue weighted by atomic mass is 10.1. The Hall–Kier alpha value is -0.940. The van der Waals surface area contributed by atoms with Gasteiger partial charge < -0.3 is 5.32 Å². The predicted octanol–water partition coefficient (Wildman–Crippen LogP) is 4.10. The lowest BCUT2D eigenvalue weighted by Crippen LogP contribution is -2.22. The lowest BCUT2D eigenvalue weighted by Gasteiger charge is -2.20. The van der Waals surface area contributed by atoms with Crippen molar-refractivity contribution in [3.63, 3.8) is 0 Å². The normalized spacial score (nSPS) is 14.2. The van der Waals surface area contributed by atoms with Gasteiger partial charge in [-0.2, -0.15) is 0 Å². The van der Waals surface area contributed by atoms with Crippen LogP contribution in [0.15, 0.2) is 48.8 Å². The van der Waals surface area contributed by atoms with E-state index >= 15 is 0 Å². The van der Waals surface area contributed by atoms with Crippen molar-refractivity contribution in [1.82, 2.24) is 10.3 Å². The van der Waals surface area contributed by atoms with E-state index in [-0.39, 0.29) is 0 Å². The zero-order chi connectivity index (χ0) is 13.0. The molecule has 2 nitrogen and oxygen atoms in total.